The molecular formula is C14H16BrNOS2. The number of methoxy groups -OCH3 is 1. The monoisotopic (exact) mass is 357 g/mol. The van der Waals surface area contributed by atoms with Gasteiger partial charge in [0, 0.05) is 38.5 Å². The van der Waals surface area contributed by atoms with Gasteiger partial charge in [0.25, 0.3) is 0 Å². The predicted octanol–water partition coefficient (Wildman–Crippen LogP) is 4.40. The van der Waals surface area contributed by atoms with E-state index in [0.29, 0.717) is 0 Å². The Kier molecular flexibility index (Phi) is 6.23. The second-order valence-electron chi connectivity index (χ2n) is 3.91. The van der Waals surface area contributed by atoms with Crippen LogP contribution in [0, 0.1) is 0 Å². The Hall–Kier alpha value is -0.490. The summed E-state index contributed by atoms with van der Waals surface area (Å²) in [4.78, 5) is 2.56. The number of thioether (sulfide) groups is 1. The van der Waals surface area contributed by atoms with Gasteiger partial charge in [-0.15, -0.1) is 23.1 Å². The summed E-state index contributed by atoms with van der Waals surface area (Å²) in [5.41, 5.74) is 0. The van der Waals surface area contributed by atoms with E-state index in [-0.39, 0.29) is 0 Å². The molecule has 0 atom stereocenters. The molecule has 1 aromatic carbocycles. The van der Waals surface area contributed by atoms with Crippen molar-refractivity contribution in [2.45, 2.75) is 11.4 Å². The third-order valence-electron chi connectivity index (χ3n) is 2.53. The maximum absolute atomic E-state index is 5.33. The summed E-state index contributed by atoms with van der Waals surface area (Å²) in [5, 5.41) is 5.56. The third kappa shape index (κ3) is 4.84. The molecule has 1 aromatic heterocycles. The van der Waals surface area contributed by atoms with E-state index < -0.39 is 0 Å². The van der Waals surface area contributed by atoms with Crippen LogP contribution in [-0.4, -0.2) is 19.4 Å². The minimum atomic E-state index is 0.933. The van der Waals surface area contributed by atoms with Gasteiger partial charge in [-0.3, -0.25) is 0 Å². The highest BCUT2D eigenvalue weighted by atomic mass is 79.9. The maximum Gasteiger partial charge on any atom is 0.132 e. The van der Waals surface area contributed by atoms with Gasteiger partial charge < -0.3 is 10.1 Å². The Morgan fingerprint density at radius 2 is 2.21 bits per heavy atom. The molecule has 0 radical (unpaired) electrons. The van der Waals surface area contributed by atoms with Gasteiger partial charge in [0.15, 0.2) is 0 Å². The lowest BCUT2D eigenvalue weighted by molar-refractivity contribution is 0.405. The number of nitrogens with one attached hydrogen (secondary N) is 1. The van der Waals surface area contributed by atoms with Crippen LogP contribution in [0.25, 0.3) is 0 Å². The molecule has 0 bridgehead atoms. The molecule has 1 N–H and O–H groups in total. The summed E-state index contributed by atoms with van der Waals surface area (Å²) >= 11 is 7.06. The molecule has 102 valence electrons. The lowest BCUT2D eigenvalue weighted by Gasteiger charge is -2.07. The van der Waals surface area contributed by atoms with Crippen molar-refractivity contribution in [3.63, 3.8) is 0 Å². The standard InChI is InChI=1S/C14H16BrNOS2/c1-17-13-4-2-3-5-14(13)18-7-6-16-9-12-8-11(15)10-19-12/h2-5,8,10,16H,6-7,9H2,1H3. The fourth-order valence-electron chi connectivity index (χ4n) is 1.63. The molecule has 0 aliphatic carbocycles. The fourth-order valence-corrected chi connectivity index (χ4v) is 3.98. The Balaban J connectivity index is 1.69. The molecule has 0 saturated heterocycles. The Labute approximate surface area is 130 Å². The highest BCUT2D eigenvalue weighted by molar-refractivity contribution is 9.10. The molecule has 0 saturated carbocycles. The van der Waals surface area contributed by atoms with Crippen LogP contribution in [0.3, 0.4) is 0 Å². The SMILES string of the molecule is COc1ccccc1SCCNCc1cc(Br)cs1. The van der Waals surface area contributed by atoms with Crippen LogP contribution in [0.15, 0.2) is 45.1 Å². The van der Waals surface area contributed by atoms with Crippen LogP contribution in [0.2, 0.25) is 0 Å². The van der Waals surface area contributed by atoms with Gasteiger partial charge in [0.1, 0.15) is 5.75 Å². The molecule has 0 aliphatic heterocycles. The lowest BCUT2D eigenvalue weighted by Crippen LogP contribution is -2.15. The van der Waals surface area contributed by atoms with Crippen LogP contribution in [-0.2, 0) is 6.54 Å². The molecule has 5 heteroatoms. The van der Waals surface area contributed by atoms with Gasteiger partial charge in [0.2, 0.25) is 0 Å². The van der Waals surface area contributed by atoms with Crippen molar-refractivity contribution in [3.8, 4) is 5.75 Å². The number of thiophene rings is 1. The largest absolute Gasteiger partial charge is 0.496 e. The van der Waals surface area contributed by atoms with Crippen molar-refractivity contribution in [2.75, 3.05) is 19.4 Å². The summed E-state index contributed by atoms with van der Waals surface area (Å²) < 4.78 is 6.49. The van der Waals surface area contributed by atoms with Crippen LogP contribution in [0.1, 0.15) is 4.88 Å². The topological polar surface area (TPSA) is 21.3 Å². The van der Waals surface area contributed by atoms with Gasteiger partial charge >= 0.3 is 0 Å². The van der Waals surface area contributed by atoms with E-state index in [4.69, 9.17) is 4.74 Å². The number of para-hydroxylation sites is 1. The second kappa shape index (κ2) is 7.94. The molecule has 0 aliphatic rings. The first-order chi connectivity index (χ1) is 9.29. The first-order valence-corrected chi connectivity index (χ1v) is 8.65. The van der Waals surface area contributed by atoms with Crippen molar-refractivity contribution >= 4 is 39.0 Å². The number of ether oxygens (including phenoxy) is 1. The zero-order valence-corrected chi connectivity index (χ0v) is 13.9. The highest BCUT2D eigenvalue weighted by Gasteiger charge is 2.02. The molecule has 2 rings (SSSR count). The van der Waals surface area contributed by atoms with Crippen LogP contribution in [0.5, 0.6) is 5.75 Å². The molecule has 1 heterocycles. The number of hydrogen-bond acceptors (Lipinski definition) is 4. The summed E-state index contributed by atoms with van der Waals surface area (Å²) in [6.45, 7) is 1.92. The van der Waals surface area contributed by atoms with Crippen molar-refractivity contribution in [1.29, 1.82) is 0 Å². The van der Waals surface area contributed by atoms with E-state index in [2.05, 4.69) is 38.8 Å². The maximum atomic E-state index is 5.33. The van der Waals surface area contributed by atoms with E-state index in [9.17, 15) is 0 Å². The summed E-state index contributed by atoms with van der Waals surface area (Å²) in [6.07, 6.45) is 0. The number of halogens is 1. The fraction of sp³-hybridized carbons (Fsp3) is 0.286. The Morgan fingerprint density at radius 1 is 1.37 bits per heavy atom. The lowest BCUT2D eigenvalue weighted by atomic mass is 10.3. The van der Waals surface area contributed by atoms with Crippen LogP contribution in [0.4, 0.5) is 0 Å². The molecule has 19 heavy (non-hydrogen) atoms. The molecule has 0 amide bonds. The van der Waals surface area contributed by atoms with E-state index in [1.54, 1.807) is 18.4 Å². The average Bonchev–Trinajstić information content (AvgIpc) is 2.84. The zero-order chi connectivity index (χ0) is 13.5. The smallest absolute Gasteiger partial charge is 0.132 e. The van der Waals surface area contributed by atoms with Crippen molar-refractivity contribution in [2.24, 2.45) is 0 Å². The van der Waals surface area contributed by atoms with Crippen LogP contribution >= 0.6 is 39.0 Å². The summed E-state index contributed by atoms with van der Waals surface area (Å²) in [5.74, 6) is 1.99. The van der Waals surface area contributed by atoms with Gasteiger partial charge in [-0.25, -0.2) is 0 Å². The predicted molar refractivity (Wildman–Crippen MR) is 87.4 cm³/mol. The summed E-state index contributed by atoms with van der Waals surface area (Å²) in [7, 11) is 1.71. The molecule has 0 spiro atoms. The highest BCUT2D eigenvalue weighted by Crippen LogP contribution is 2.28. The Bertz CT molecular complexity index is 516. The Morgan fingerprint density at radius 3 is 2.95 bits per heavy atom. The molecule has 0 fully saturated rings. The number of hydrogen-bond donors (Lipinski definition) is 1. The minimum absolute atomic E-state index is 0.933. The molecule has 0 unspecified atom stereocenters. The van der Waals surface area contributed by atoms with Crippen molar-refractivity contribution < 1.29 is 4.74 Å². The van der Waals surface area contributed by atoms with E-state index in [1.807, 2.05) is 30.0 Å². The number of benzene rings is 1. The van der Waals surface area contributed by atoms with E-state index in [0.717, 1.165) is 29.1 Å². The minimum Gasteiger partial charge on any atom is -0.496 e. The van der Waals surface area contributed by atoms with E-state index >= 15 is 0 Å². The number of rotatable bonds is 7. The third-order valence-corrected chi connectivity index (χ3v) is 5.28. The summed E-state index contributed by atoms with van der Waals surface area (Å²) in [6, 6.07) is 10.3. The van der Waals surface area contributed by atoms with Gasteiger partial charge in [-0.2, -0.15) is 0 Å². The van der Waals surface area contributed by atoms with Gasteiger partial charge in [-0.1, -0.05) is 12.1 Å². The first-order valence-electron chi connectivity index (χ1n) is 5.99. The molecule has 2 aromatic rings. The molecule has 2 nitrogen and oxygen atoms in total. The first kappa shape index (κ1) is 14.9. The second-order valence-corrected chi connectivity index (χ2v) is 6.96. The van der Waals surface area contributed by atoms with Crippen molar-refractivity contribution in [1.82, 2.24) is 5.32 Å². The van der Waals surface area contributed by atoms with Crippen LogP contribution < -0.4 is 10.1 Å². The van der Waals surface area contributed by atoms with Gasteiger partial charge in [-0.05, 0) is 34.1 Å². The zero-order valence-electron chi connectivity index (χ0n) is 10.7. The quantitative estimate of drug-likeness (QED) is 0.586. The van der Waals surface area contributed by atoms with E-state index in [1.165, 1.54) is 9.77 Å². The van der Waals surface area contributed by atoms with Crippen molar-refractivity contribution in [3.05, 3.63) is 45.1 Å². The average molecular weight is 358 g/mol. The molecular weight excluding hydrogens is 342 g/mol. The normalized spacial score (nSPS) is 10.6. The van der Waals surface area contributed by atoms with Gasteiger partial charge in [0.05, 0.1) is 7.11 Å².